The first kappa shape index (κ1) is 24.3. The Morgan fingerprint density at radius 2 is 1.90 bits per heavy atom. The van der Waals surface area contributed by atoms with Gasteiger partial charge in [-0.2, -0.15) is 0 Å². The van der Waals surface area contributed by atoms with Gasteiger partial charge in [-0.15, -0.1) is 0 Å². The number of nitrogens with two attached hydrogens (primary N) is 1. The summed E-state index contributed by atoms with van der Waals surface area (Å²) in [6.07, 6.45) is 10.4. The number of nitrogens with zero attached hydrogens (tertiary/aromatic N) is 1. The number of carbonyl (C=O) groups excluding carboxylic acids is 2. The van der Waals surface area contributed by atoms with Crippen LogP contribution in [0, 0.1) is 0 Å². The van der Waals surface area contributed by atoms with Crippen LogP contribution in [0.25, 0.3) is 0 Å². The van der Waals surface area contributed by atoms with E-state index in [1.807, 2.05) is 52.8 Å². The van der Waals surface area contributed by atoms with Crippen LogP contribution in [-0.2, 0) is 9.59 Å². The van der Waals surface area contributed by atoms with E-state index in [0.29, 0.717) is 12.8 Å². The predicted octanol–water partition coefficient (Wildman–Crippen LogP) is 3.80. The molecule has 21 heavy (non-hydrogen) atoms. The molecule has 0 rings (SSSR count). The zero-order valence-corrected chi connectivity index (χ0v) is 14.3. The Hall–Kier alpha value is -1.68. The van der Waals surface area contributed by atoms with Crippen molar-refractivity contribution < 1.29 is 9.59 Å². The van der Waals surface area contributed by atoms with Gasteiger partial charge in [-0.3, -0.25) is 14.5 Å². The monoisotopic (exact) mass is 296 g/mol. The molecule has 0 fully saturated rings. The van der Waals surface area contributed by atoms with Crippen LogP contribution >= 0.6 is 0 Å². The molecule has 0 aromatic heterocycles. The predicted molar refractivity (Wildman–Crippen MR) is 91.6 cm³/mol. The molecule has 0 aromatic rings. The van der Waals surface area contributed by atoms with Crippen LogP contribution in [0.15, 0.2) is 36.5 Å². The maximum Gasteiger partial charge on any atom is 0.230 e. The zero-order chi connectivity index (χ0) is 17.1. The number of rotatable bonds is 7. The Bertz CT molecular complexity index is 321. The van der Waals surface area contributed by atoms with Crippen LogP contribution in [0.1, 0.15) is 53.9 Å². The van der Waals surface area contributed by atoms with Gasteiger partial charge in [-0.25, -0.2) is 0 Å². The molecule has 0 aliphatic rings. The second kappa shape index (κ2) is 20.6. The Balaban J connectivity index is -0.000000286. The van der Waals surface area contributed by atoms with Crippen molar-refractivity contribution in [3.8, 4) is 0 Å². The fourth-order valence-corrected chi connectivity index (χ4v) is 1.18. The molecular weight excluding hydrogens is 264 g/mol. The van der Waals surface area contributed by atoms with Crippen LogP contribution in [-0.4, -0.2) is 23.9 Å². The fourth-order valence-electron chi connectivity index (χ4n) is 1.18. The molecule has 0 heterocycles. The number of carbonyl (C=O) groups is 2. The van der Waals surface area contributed by atoms with Gasteiger partial charge in [-0.1, -0.05) is 63.6 Å². The van der Waals surface area contributed by atoms with Crippen LogP contribution in [0.3, 0.4) is 0 Å². The van der Waals surface area contributed by atoms with Crippen molar-refractivity contribution in [2.24, 2.45) is 5.73 Å². The molecular formula is C17H32N2O2. The largest absolute Gasteiger partial charge is 0.313 e. The van der Waals surface area contributed by atoms with Gasteiger partial charge in [0, 0.05) is 6.42 Å². The summed E-state index contributed by atoms with van der Waals surface area (Å²) in [7, 11) is 0. The number of amides is 2. The number of hydrogen-bond acceptors (Lipinski definition) is 3. The van der Waals surface area contributed by atoms with Gasteiger partial charge in [0.05, 0.1) is 6.67 Å². The first-order valence-corrected chi connectivity index (χ1v) is 7.44. The maximum absolute atomic E-state index is 11.0. The molecule has 0 spiro atoms. The SMILES string of the molecule is C=C/C=C(C)\C=C/C.CC.CCCCC(=O)N(C=O)CN. The van der Waals surface area contributed by atoms with Gasteiger partial charge in [0.15, 0.2) is 0 Å². The average molecular weight is 296 g/mol. The third-order valence-electron chi connectivity index (χ3n) is 2.20. The van der Waals surface area contributed by atoms with E-state index in [1.165, 1.54) is 5.57 Å². The van der Waals surface area contributed by atoms with Crippen molar-refractivity contribution in [1.29, 1.82) is 0 Å². The highest BCUT2D eigenvalue weighted by atomic mass is 16.2. The highest BCUT2D eigenvalue weighted by molar-refractivity contribution is 5.85. The molecule has 0 aliphatic carbocycles. The van der Waals surface area contributed by atoms with E-state index >= 15 is 0 Å². The normalized spacial score (nSPS) is 9.90. The molecule has 0 saturated carbocycles. The molecule has 4 nitrogen and oxygen atoms in total. The summed E-state index contributed by atoms with van der Waals surface area (Å²) in [6, 6.07) is 0. The first-order valence-electron chi connectivity index (χ1n) is 7.44. The van der Waals surface area contributed by atoms with Crippen molar-refractivity contribution in [2.45, 2.75) is 53.9 Å². The quantitative estimate of drug-likeness (QED) is 0.441. The van der Waals surface area contributed by atoms with Crippen LogP contribution in [0.5, 0.6) is 0 Å². The molecule has 4 heteroatoms. The minimum atomic E-state index is -0.190. The minimum absolute atomic E-state index is 0.0218. The molecule has 0 atom stereocenters. The van der Waals surface area contributed by atoms with Gasteiger partial charge in [-0.05, 0) is 20.3 Å². The Morgan fingerprint density at radius 3 is 2.24 bits per heavy atom. The lowest BCUT2D eigenvalue weighted by Gasteiger charge is -2.11. The lowest BCUT2D eigenvalue weighted by molar-refractivity contribution is -0.138. The third-order valence-corrected chi connectivity index (χ3v) is 2.20. The Kier molecular flexibility index (Phi) is 23.9. The second-order valence-corrected chi connectivity index (χ2v) is 3.90. The van der Waals surface area contributed by atoms with E-state index in [4.69, 9.17) is 5.73 Å². The molecule has 2 N–H and O–H groups in total. The van der Waals surface area contributed by atoms with E-state index in [2.05, 4.69) is 6.58 Å². The van der Waals surface area contributed by atoms with Crippen molar-refractivity contribution in [3.05, 3.63) is 36.5 Å². The van der Waals surface area contributed by atoms with Crippen LogP contribution in [0.2, 0.25) is 0 Å². The molecule has 0 aliphatic heterocycles. The smallest absolute Gasteiger partial charge is 0.230 e. The highest BCUT2D eigenvalue weighted by Gasteiger charge is 2.08. The van der Waals surface area contributed by atoms with Gasteiger partial charge in [0.25, 0.3) is 0 Å². The van der Waals surface area contributed by atoms with Crippen molar-refractivity contribution in [1.82, 2.24) is 4.90 Å². The molecule has 0 unspecified atom stereocenters. The fraction of sp³-hybridized carbons (Fsp3) is 0.529. The summed E-state index contributed by atoms with van der Waals surface area (Å²) in [6.45, 7) is 13.6. The summed E-state index contributed by atoms with van der Waals surface area (Å²) in [5.74, 6) is -0.190. The van der Waals surface area contributed by atoms with Gasteiger partial charge >= 0.3 is 0 Å². The van der Waals surface area contributed by atoms with Crippen LogP contribution < -0.4 is 5.73 Å². The molecule has 0 radical (unpaired) electrons. The molecule has 2 amide bonds. The lowest BCUT2D eigenvalue weighted by atomic mass is 10.2. The molecule has 0 aromatic carbocycles. The van der Waals surface area contributed by atoms with E-state index in [1.54, 1.807) is 6.08 Å². The van der Waals surface area contributed by atoms with E-state index in [0.717, 1.165) is 17.7 Å². The topological polar surface area (TPSA) is 63.4 Å². The number of unbranched alkanes of at least 4 members (excludes halogenated alkanes) is 1. The van der Waals surface area contributed by atoms with Gasteiger partial charge < -0.3 is 5.73 Å². The van der Waals surface area contributed by atoms with Crippen LogP contribution in [0.4, 0.5) is 0 Å². The molecule has 0 bridgehead atoms. The minimum Gasteiger partial charge on any atom is -0.313 e. The highest BCUT2D eigenvalue weighted by Crippen LogP contribution is 1.97. The van der Waals surface area contributed by atoms with E-state index in [-0.39, 0.29) is 12.6 Å². The summed E-state index contributed by atoms with van der Waals surface area (Å²) in [4.78, 5) is 22.1. The molecule has 122 valence electrons. The lowest BCUT2D eigenvalue weighted by Crippen LogP contribution is -2.34. The Labute approximate surface area is 130 Å². The van der Waals surface area contributed by atoms with Crippen molar-refractivity contribution in [3.63, 3.8) is 0 Å². The maximum atomic E-state index is 11.0. The Morgan fingerprint density at radius 1 is 1.33 bits per heavy atom. The number of hydrogen-bond donors (Lipinski definition) is 1. The van der Waals surface area contributed by atoms with Crippen molar-refractivity contribution in [2.75, 3.05) is 6.67 Å². The number of imide groups is 1. The standard InChI is InChI=1S/C8H12.C7H14N2O2.C2H6/c1-4-6-8(3)7-5-2;1-2-3-4-7(11)9(5-8)6-10;1-2/h4-7H,1H2,2-3H3;6H,2-5,8H2,1H3;1-2H3/b7-5-,8-6-;;. The van der Waals surface area contributed by atoms with Gasteiger partial charge in [0.1, 0.15) is 0 Å². The zero-order valence-electron chi connectivity index (χ0n) is 14.3. The first-order chi connectivity index (χ1) is 10.1. The van der Waals surface area contributed by atoms with Crippen molar-refractivity contribution >= 4 is 12.3 Å². The summed E-state index contributed by atoms with van der Waals surface area (Å²) in [5, 5.41) is 0. The summed E-state index contributed by atoms with van der Waals surface area (Å²) in [5.41, 5.74) is 6.37. The van der Waals surface area contributed by atoms with E-state index < -0.39 is 0 Å². The van der Waals surface area contributed by atoms with E-state index in [9.17, 15) is 9.59 Å². The second-order valence-electron chi connectivity index (χ2n) is 3.90. The third kappa shape index (κ3) is 18.3. The van der Waals surface area contributed by atoms with Gasteiger partial charge in [0.2, 0.25) is 12.3 Å². The number of allylic oxidation sites excluding steroid dienone is 5. The summed E-state index contributed by atoms with van der Waals surface area (Å²) < 4.78 is 0. The average Bonchev–Trinajstić information content (AvgIpc) is 2.49. The summed E-state index contributed by atoms with van der Waals surface area (Å²) >= 11 is 0. The molecule has 0 saturated heterocycles.